The third kappa shape index (κ3) is 3.36. The van der Waals surface area contributed by atoms with Gasteiger partial charge in [0.2, 0.25) is 0 Å². The van der Waals surface area contributed by atoms with Crippen LogP contribution >= 0.6 is 0 Å². The molecule has 3 aromatic rings. The van der Waals surface area contributed by atoms with E-state index < -0.39 is 0 Å². The van der Waals surface area contributed by atoms with Crippen LogP contribution in [0.15, 0.2) is 172 Å². The van der Waals surface area contributed by atoms with Gasteiger partial charge in [-0.15, -0.1) is 0 Å². The molecule has 3 aromatic carbocycles. The van der Waals surface area contributed by atoms with Gasteiger partial charge in [0.05, 0.1) is 11.4 Å². The highest BCUT2D eigenvalue weighted by molar-refractivity contribution is 5.87. The van der Waals surface area contributed by atoms with E-state index in [1.54, 1.807) is 0 Å². The zero-order chi connectivity index (χ0) is 26.9. The van der Waals surface area contributed by atoms with Crippen molar-refractivity contribution >= 4 is 28.8 Å². The summed E-state index contributed by atoms with van der Waals surface area (Å²) in [4.78, 5) is 7.24. The minimum atomic E-state index is 0.0274. The molecule has 0 amide bonds. The summed E-state index contributed by atoms with van der Waals surface area (Å²) in [7, 11) is 0. The first kappa shape index (κ1) is 22.6. The molecule has 41 heavy (non-hydrogen) atoms. The Kier molecular flexibility index (Phi) is 4.79. The SMILES string of the molecule is C1=CC2=CC3=C4C(=CC=C5C=CC(c6ccc(C7Nc8ccccc8N7c7ccccc7)cc6)=C(C=C3)C54)C2N=C1. The van der Waals surface area contributed by atoms with Crippen LogP contribution in [0.1, 0.15) is 17.3 Å². The summed E-state index contributed by atoms with van der Waals surface area (Å²) >= 11 is 0. The Morgan fingerprint density at radius 1 is 0.732 bits per heavy atom. The van der Waals surface area contributed by atoms with Gasteiger partial charge in [-0.3, -0.25) is 4.99 Å². The molecule has 0 saturated carbocycles. The number of para-hydroxylation sites is 3. The molecule has 1 N–H and O–H groups in total. The summed E-state index contributed by atoms with van der Waals surface area (Å²) in [6.45, 7) is 0. The van der Waals surface area contributed by atoms with E-state index in [1.807, 2.05) is 12.3 Å². The monoisotopic (exact) mass is 525 g/mol. The molecule has 3 heteroatoms. The maximum atomic E-state index is 4.84. The number of rotatable bonds is 3. The van der Waals surface area contributed by atoms with Crippen molar-refractivity contribution in [1.29, 1.82) is 0 Å². The van der Waals surface area contributed by atoms with Gasteiger partial charge in [-0.05, 0) is 86.6 Å². The molecule has 3 atom stereocenters. The van der Waals surface area contributed by atoms with Gasteiger partial charge in [-0.1, -0.05) is 97.1 Å². The standard InChI is InChI=1S/C38H27N3/c1-2-8-29(9-3-1)41-34-11-5-4-10-33(34)40-38(41)26-14-12-24(13-15-26)30-19-16-25-17-21-32-36-27(18-20-31(30)35(25)36)23-28-7-6-22-39-37(28)32/h1-23,35,37-38,40H. The van der Waals surface area contributed by atoms with Crippen LogP contribution in [0.3, 0.4) is 0 Å². The van der Waals surface area contributed by atoms with Crippen LogP contribution in [-0.2, 0) is 0 Å². The van der Waals surface area contributed by atoms with Crippen molar-refractivity contribution in [1.82, 2.24) is 0 Å². The van der Waals surface area contributed by atoms with E-state index in [-0.39, 0.29) is 18.1 Å². The van der Waals surface area contributed by atoms with Gasteiger partial charge in [0.15, 0.2) is 0 Å². The number of aliphatic imine (C=N–C) groups is 1. The van der Waals surface area contributed by atoms with Crippen LogP contribution < -0.4 is 10.2 Å². The smallest absolute Gasteiger partial charge is 0.130 e. The second-order valence-electron chi connectivity index (χ2n) is 11.2. The third-order valence-electron chi connectivity index (χ3n) is 9.03. The summed E-state index contributed by atoms with van der Waals surface area (Å²) in [6, 6.07) is 28.4. The molecule has 0 radical (unpaired) electrons. The number of hydrogen-bond donors (Lipinski definition) is 1. The molecule has 6 aliphatic rings. The highest BCUT2D eigenvalue weighted by Crippen LogP contribution is 2.51. The van der Waals surface area contributed by atoms with E-state index in [2.05, 4.69) is 138 Å². The van der Waals surface area contributed by atoms with Crippen molar-refractivity contribution in [3.63, 3.8) is 0 Å². The quantitative estimate of drug-likeness (QED) is 0.371. The van der Waals surface area contributed by atoms with E-state index in [0.717, 1.165) is 5.69 Å². The lowest BCUT2D eigenvalue weighted by atomic mass is 9.65. The molecule has 0 bridgehead atoms. The first-order valence-corrected chi connectivity index (χ1v) is 14.3. The molecule has 0 aromatic heterocycles. The minimum Gasteiger partial charge on any atom is -0.359 e. The number of dihydropyridines is 1. The Balaban J connectivity index is 1.09. The number of anilines is 3. The first-order valence-electron chi connectivity index (χ1n) is 14.3. The van der Waals surface area contributed by atoms with Crippen molar-refractivity contribution in [2.75, 3.05) is 10.2 Å². The molecule has 9 rings (SSSR count). The number of nitrogens with one attached hydrogen (secondary N) is 1. The van der Waals surface area contributed by atoms with Gasteiger partial charge in [-0.25, -0.2) is 0 Å². The lowest BCUT2D eigenvalue weighted by Gasteiger charge is -2.39. The van der Waals surface area contributed by atoms with Crippen LogP contribution in [0.4, 0.5) is 17.1 Å². The molecule has 3 unspecified atom stereocenters. The van der Waals surface area contributed by atoms with Crippen molar-refractivity contribution in [3.05, 3.63) is 178 Å². The van der Waals surface area contributed by atoms with Crippen molar-refractivity contribution in [2.45, 2.75) is 12.2 Å². The lowest BCUT2D eigenvalue weighted by Crippen LogP contribution is -2.29. The van der Waals surface area contributed by atoms with Gasteiger partial charge in [-0.2, -0.15) is 0 Å². The lowest BCUT2D eigenvalue weighted by molar-refractivity contribution is 0.786. The number of benzene rings is 3. The summed E-state index contributed by atoms with van der Waals surface area (Å²) < 4.78 is 0. The number of allylic oxidation sites excluding steroid dienone is 12. The molecule has 0 fully saturated rings. The average molecular weight is 526 g/mol. The van der Waals surface area contributed by atoms with Crippen LogP contribution in [0.25, 0.3) is 5.57 Å². The van der Waals surface area contributed by atoms with Crippen molar-refractivity contribution in [3.8, 4) is 0 Å². The summed E-state index contributed by atoms with van der Waals surface area (Å²) in [6.07, 6.45) is 22.4. The highest BCUT2D eigenvalue weighted by Gasteiger charge is 2.39. The third-order valence-corrected chi connectivity index (χ3v) is 9.03. The Morgan fingerprint density at radius 3 is 2.49 bits per heavy atom. The minimum absolute atomic E-state index is 0.0274. The highest BCUT2D eigenvalue weighted by atomic mass is 15.3. The topological polar surface area (TPSA) is 27.6 Å². The van der Waals surface area contributed by atoms with E-state index in [4.69, 9.17) is 4.99 Å². The maximum absolute atomic E-state index is 4.84. The van der Waals surface area contributed by atoms with E-state index in [9.17, 15) is 0 Å². The van der Waals surface area contributed by atoms with E-state index >= 15 is 0 Å². The zero-order valence-electron chi connectivity index (χ0n) is 22.4. The number of hydrogen-bond acceptors (Lipinski definition) is 3. The second-order valence-corrected chi connectivity index (χ2v) is 11.2. The predicted octanol–water partition coefficient (Wildman–Crippen LogP) is 8.57. The van der Waals surface area contributed by atoms with Crippen molar-refractivity contribution < 1.29 is 0 Å². The molecule has 0 spiro atoms. The van der Waals surface area contributed by atoms with Gasteiger partial charge in [0.25, 0.3) is 0 Å². The molecule has 2 heterocycles. The zero-order valence-corrected chi connectivity index (χ0v) is 22.4. The largest absolute Gasteiger partial charge is 0.359 e. The fraction of sp³-hybridized carbons (Fsp3) is 0.0789. The molecule has 3 nitrogen and oxygen atoms in total. The molecule has 0 saturated heterocycles. The van der Waals surface area contributed by atoms with Gasteiger partial charge in [0, 0.05) is 17.8 Å². The molecule has 2 aliphatic heterocycles. The van der Waals surface area contributed by atoms with Gasteiger partial charge >= 0.3 is 0 Å². The molecular weight excluding hydrogens is 498 g/mol. The van der Waals surface area contributed by atoms with Gasteiger partial charge in [0.1, 0.15) is 12.2 Å². The predicted molar refractivity (Wildman–Crippen MR) is 169 cm³/mol. The fourth-order valence-electron chi connectivity index (χ4n) is 7.18. The maximum Gasteiger partial charge on any atom is 0.130 e. The summed E-state index contributed by atoms with van der Waals surface area (Å²) in [5.74, 6) is 0.258. The van der Waals surface area contributed by atoms with Crippen LogP contribution in [0.2, 0.25) is 0 Å². The van der Waals surface area contributed by atoms with Crippen LogP contribution in [0.5, 0.6) is 0 Å². The van der Waals surface area contributed by atoms with Gasteiger partial charge < -0.3 is 10.2 Å². The molecule has 4 aliphatic carbocycles. The normalized spacial score (nSPS) is 24.3. The van der Waals surface area contributed by atoms with E-state index in [0.29, 0.717) is 0 Å². The fourth-order valence-corrected chi connectivity index (χ4v) is 7.18. The Morgan fingerprint density at radius 2 is 1.59 bits per heavy atom. The Labute approximate surface area is 239 Å². The van der Waals surface area contributed by atoms with Crippen LogP contribution in [-0.4, -0.2) is 12.3 Å². The molecule has 194 valence electrons. The average Bonchev–Trinajstić information content (AvgIpc) is 3.43. The summed E-state index contributed by atoms with van der Waals surface area (Å²) in [5, 5.41) is 3.76. The van der Waals surface area contributed by atoms with Crippen LogP contribution in [0, 0.1) is 5.92 Å². The van der Waals surface area contributed by atoms with E-state index in [1.165, 1.54) is 61.5 Å². The Bertz CT molecular complexity index is 1910. The first-order chi connectivity index (χ1) is 20.3. The Hall–Kier alpha value is -5.15. The summed E-state index contributed by atoms with van der Waals surface area (Å²) in [5.41, 5.74) is 15.4. The molecular formula is C38H27N3. The number of fused-ring (bicyclic) bond motifs is 3. The number of nitrogens with zero attached hydrogens (tertiary/aromatic N) is 2. The second kappa shape index (κ2) is 8.67. The van der Waals surface area contributed by atoms with Crippen molar-refractivity contribution in [2.24, 2.45) is 10.9 Å².